The van der Waals surface area contributed by atoms with Gasteiger partial charge in [0.1, 0.15) is 0 Å². The summed E-state index contributed by atoms with van der Waals surface area (Å²) in [6, 6.07) is 0. The largest absolute Gasteiger partial charge is 0.381 e. The third kappa shape index (κ3) is 5.37. The second kappa shape index (κ2) is 8.89. The lowest BCUT2D eigenvalue weighted by atomic mass is 10.0. The number of aliphatic imine (C=N–C) groups is 1. The van der Waals surface area contributed by atoms with Crippen LogP contribution in [0.5, 0.6) is 0 Å². The van der Waals surface area contributed by atoms with Crippen molar-refractivity contribution >= 4 is 17.7 Å². The van der Waals surface area contributed by atoms with Crippen LogP contribution in [0.4, 0.5) is 0 Å². The zero-order valence-electron chi connectivity index (χ0n) is 13.8. The molecule has 2 aliphatic heterocycles. The van der Waals surface area contributed by atoms with Crippen molar-refractivity contribution in [3.63, 3.8) is 0 Å². The minimum absolute atomic E-state index is 0.701. The van der Waals surface area contributed by atoms with Crippen LogP contribution in [0.15, 0.2) is 4.99 Å². The summed E-state index contributed by atoms with van der Waals surface area (Å²) >= 11 is 2.12. The lowest BCUT2D eigenvalue weighted by Crippen LogP contribution is -2.49. The summed E-state index contributed by atoms with van der Waals surface area (Å²) in [4.78, 5) is 7.38. The van der Waals surface area contributed by atoms with Crippen LogP contribution in [-0.2, 0) is 4.74 Å². The summed E-state index contributed by atoms with van der Waals surface area (Å²) in [5.74, 6) is 3.77. The van der Waals surface area contributed by atoms with E-state index in [1.807, 2.05) is 0 Å². The Balaban J connectivity index is 1.92. The highest BCUT2D eigenvalue weighted by molar-refractivity contribution is 8.00. The SMILES string of the molecule is CCNC(=NCC1CCOCC1)N1CCSC(C(C)C)C1. The highest BCUT2D eigenvalue weighted by Gasteiger charge is 2.25. The van der Waals surface area contributed by atoms with Crippen LogP contribution in [0, 0.1) is 11.8 Å². The monoisotopic (exact) mass is 313 g/mol. The van der Waals surface area contributed by atoms with Gasteiger partial charge in [0.05, 0.1) is 0 Å². The molecule has 0 spiro atoms. The Labute approximate surface area is 134 Å². The van der Waals surface area contributed by atoms with Crippen molar-refractivity contribution in [2.75, 3.05) is 45.1 Å². The van der Waals surface area contributed by atoms with E-state index in [1.165, 1.54) is 5.75 Å². The van der Waals surface area contributed by atoms with Crippen molar-refractivity contribution in [3.8, 4) is 0 Å². The van der Waals surface area contributed by atoms with Gasteiger partial charge in [0.15, 0.2) is 5.96 Å². The highest BCUT2D eigenvalue weighted by Crippen LogP contribution is 2.25. The predicted octanol–water partition coefficient (Wildman–Crippen LogP) is 2.45. The molecule has 2 aliphatic rings. The van der Waals surface area contributed by atoms with E-state index < -0.39 is 0 Å². The van der Waals surface area contributed by atoms with Gasteiger partial charge in [-0.1, -0.05) is 13.8 Å². The van der Waals surface area contributed by atoms with E-state index in [1.54, 1.807) is 0 Å². The van der Waals surface area contributed by atoms with Gasteiger partial charge in [0.2, 0.25) is 0 Å². The number of ether oxygens (including phenoxy) is 1. The fourth-order valence-corrected chi connectivity index (χ4v) is 4.14. The normalized spacial score (nSPS) is 25.4. The lowest BCUT2D eigenvalue weighted by molar-refractivity contribution is 0.0688. The minimum atomic E-state index is 0.701. The van der Waals surface area contributed by atoms with E-state index in [0.717, 1.165) is 69.4 Å². The Morgan fingerprint density at radius 3 is 2.81 bits per heavy atom. The second-order valence-electron chi connectivity index (χ2n) is 6.35. The molecule has 2 saturated heterocycles. The fraction of sp³-hybridized carbons (Fsp3) is 0.938. The summed E-state index contributed by atoms with van der Waals surface area (Å²) in [5, 5.41) is 4.21. The van der Waals surface area contributed by atoms with Crippen molar-refractivity contribution in [1.82, 2.24) is 10.2 Å². The average molecular weight is 314 g/mol. The molecule has 2 fully saturated rings. The number of nitrogens with zero attached hydrogens (tertiary/aromatic N) is 2. The van der Waals surface area contributed by atoms with Gasteiger partial charge in [0.25, 0.3) is 0 Å². The van der Waals surface area contributed by atoms with Crippen molar-refractivity contribution in [1.29, 1.82) is 0 Å². The molecule has 1 unspecified atom stereocenters. The maximum atomic E-state index is 5.43. The molecular weight excluding hydrogens is 282 g/mol. The second-order valence-corrected chi connectivity index (χ2v) is 7.70. The van der Waals surface area contributed by atoms with Gasteiger partial charge in [-0.05, 0) is 31.6 Å². The molecule has 0 amide bonds. The molecule has 21 heavy (non-hydrogen) atoms. The standard InChI is InChI=1S/C16H31N3OS/c1-4-17-16(18-11-14-5-8-20-9-6-14)19-7-10-21-15(12-19)13(2)3/h13-15H,4-12H2,1-3H3,(H,17,18). The number of thioether (sulfide) groups is 1. The van der Waals surface area contributed by atoms with Crippen molar-refractivity contribution in [2.45, 2.75) is 38.9 Å². The average Bonchev–Trinajstić information content (AvgIpc) is 2.52. The van der Waals surface area contributed by atoms with E-state index in [-0.39, 0.29) is 0 Å². The number of rotatable bonds is 4. The molecule has 0 bridgehead atoms. The van der Waals surface area contributed by atoms with Gasteiger partial charge >= 0.3 is 0 Å². The Hall–Kier alpha value is -0.420. The van der Waals surface area contributed by atoms with E-state index in [9.17, 15) is 0 Å². The summed E-state index contributed by atoms with van der Waals surface area (Å²) in [5.41, 5.74) is 0. The first-order valence-electron chi connectivity index (χ1n) is 8.43. The first-order chi connectivity index (χ1) is 10.2. The fourth-order valence-electron chi connectivity index (χ4n) is 2.84. The van der Waals surface area contributed by atoms with Crippen LogP contribution in [-0.4, -0.2) is 61.3 Å². The molecule has 0 aromatic carbocycles. The molecule has 4 nitrogen and oxygen atoms in total. The van der Waals surface area contributed by atoms with Crippen molar-refractivity contribution < 1.29 is 4.74 Å². The van der Waals surface area contributed by atoms with Gasteiger partial charge in [-0.2, -0.15) is 11.8 Å². The van der Waals surface area contributed by atoms with Gasteiger partial charge in [-0.15, -0.1) is 0 Å². The summed E-state index contributed by atoms with van der Waals surface area (Å²) in [6.45, 7) is 12.8. The van der Waals surface area contributed by atoms with Crippen LogP contribution in [0.25, 0.3) is 0 Å². The smallest absolute Gasteiger partial charge is 0.193 e. The Bertz CT molecular complexity index is 329. The van der Waals surface area contributed by atoms with Crippen LogP contribution < -0.4 is 5.32 Å². The molecule has 5 heteroatoms. The molecule has 1 atom stereocenters. The molecule has 1 N–H and O–H groups in total. The third-order valence-electron chi connectivity index (χ3n) is 4.31. The van der Waals surface area contributed by atoms with E-state index in [2.05, 4.69) is 42.7 Å². The van der Waals surface area contributed by atoms with Crippen molar-refractivity contribution in [2.24, 2.45) is 16.8 Å². The third-order valence-corrected chi connectivity index (χ3v) is 5.85. The molecule has 0 saturated carbocycles. The van der Waals surface area contributed by atoms with Crippen LogP contribution in [0.1, 0.15) is 33.6 Å². The zero-order chi connectivity index (χ0) is 15.1. The van der Waals surface area contributed by atoms with Crippen LogP contribution in [0.3, 0.4) is 0 Å². The van der Waals surface area contributed by atoms with Gasteiger partial charge < -0.3 is 15.0 Å². The molecule has 2 rings (SSSR count). The van der Waals surface area contributed by atoms with Crippen LogP contribution in [0.2, 0.25) is 0 Å². The van der Waals surface area contributed by atoms with Crippen molar-refractivity contribution in [3.05, 3.63) is 0 Å². The number of hydrogen-bond acceptors (Lipinski definition) is 3. The molecule has 0 aromatic rings. The molecule has 0 aliphatic carbocycles. The Morgan fingerprint density at radius 2 is 2.14 bits per heavy atom. The molecule has 122 valence electrons. The van der Waals surface area contributed by atoms with Crippen LogP contribution >= 0.6 is 11.8 Å². The van der Waals surface area contributed by atoms with E-state index in [4.69, 9.17) is 9.73 Å². The first-order valence-corrected chi connectivity index (χ1v) is 9.48. The van der Waals surface area contributed by atoms with Gasteiger partial charge in [-0.3, -0.25) is 4.99 Å². The number of guanidine groups is 1. The molecule has 0 radical (unpaired) electrons. The number of nitrogens with one attached hydrogen (secondary N) is 1. The summed E-state index contributed by atoms with van der Waals surface area (Å²) in [6.07, 6.45) is 2.32. The molecule has 2 heterocycles. The minimum Gasteiger partial charge on any atom is -0.381 e. The lowest BCUT2D eigenvalue weighted by Gasteiger charge is -2.36. The number of hydrogen-bond donors (Lipinski definition) is 1. The van der Waals surface area contributed by atoms with E-state index in [0.29, 0.717) is 5.92 Å². The Kier molecular flexibility index (Phi) is 7.17. The topological polar surface area (TPSA) is 36.9 Å². The zero-order valence-corrected chi connectivity index (χ0v) is 14.6. The molecule has 0 aromatic heterocycles. The molecular formula is C16H31N3OS. The summed E-state index contributed by atoms with van der Waals surface area (Å²) in [7, 11) is 0. The highest BCUT2D eigenvalue weighted by atomic mass is 32.2. The maximum Gasteiger partial charge on any atom is 0.193 e. The van der Waals surface area contributed by atoms with Gasteiger partial charge in [-0.25, -0.2) is 0 Å². The van der Waals surface area contributed by atoms with E-state index >= 15 is 0 Å². The summed E-state index contributed by atoms with van der Waals surface area (Å²) < 4.78 is 5.43. The maximum absolute atomic E-state index is 5.43. The first kappa shape index (κ1) is 16.9. The Morgan fingerprint density at radius 1 is 1.38 bits per heavy atom. The predicted molar refractivity (Wildman–Crippen MR) is 92.2 cm³/mol. The van der Waals surface area contributed by atoms with Gasteiger partial charge in [0, 0.05) is 50.4 Å². The quantitative estimate of drug-likeness (QED) is 0.639.